The van der Waals surface area contributed by atoms with Gasteiger partial charge in [0.1, 0.15) is 0 Å². The van der Waals surface area contributed by atoms with Gasteiger partial charge in [-0.05, 0) is 30.9 Å². The topological polar surface area (TPSA) is 55.4 Å². The second-order valence-electron chi connectivity index (χ2n) is 6.06. The van der Waals surface area contributed by atoms with E-state index in [1.54, 1.807) is 0 Å². The van der Waals surface area contributed by atoms with E-state index in [1.165, 1.54) is 12.1 Å². The van der Waals surface area contributed by atoms with E-state index in [2.05, 4.69) is 5.32 Å². The Morgan fingerprint density at radius 3 is 2.54 bits per heavy atom. The van der Waals surface area contributed by atoms with Gasteiger partial charge in [0.25, 0.3) is 5.91 Å². The van der Waals surface area contributed by atoms with Crippen molar-refractivity contribution >= 4 is 11.9 Å². The van der Waals surface area contributed by atoms with Crippen LogP contribution in [0.25, 0.3) is 0 Å². The van der Waals surface area contributed by atoms with Gasteiger partial charge in [0.05, 0.1) is 11.1 Å². The molecule has 0 aliphatic heterocycles. The first-order valence-electron chi connectivity index (χ1n) is 7.91. The Labute approximate surface area is 138 Å². The van der Waals surface area contributed by atoms with Crippen molar-refractivity contribution in [1.82, 2.24) is 5.32 Å². The quantitative estimate of drug-likeness (QED) is 0.851. The Kier molecular flexibility index (Phi) is 5.85. The Hall–Kier alpha value is -2.05. The first-order chi connectivity index (χ1) is 11.3. The van der Waals surface area contributed by atoms with E-state index in [9.17, 15) is 22.8 Å². The van der Waals surface area contributed by atoms with Crippen LogP contribution in [0.2, 0.25) is 0 Å². The molecule has 0 heterocycles. The minimum Gasteiger partial charge on any atom is -0.452 e. The highest BCUT2D eigenvalue weighted by Gasteiger charge is 2.35. The predicted octanol–water partition coefficient (Wildman–Crippen LogP) is 3.56. The van der Waals surface area contributed by atoms with Gasteiger partial charge in [-0.1, -0.05) is 31.9 Å². The van der Waals surface area contributed by atoms with Gasteiger partial charge >= 0.3 is 12.1 Å². The highest BCUT2D eigenvalue weighted by Crippen LogP contribution is 2.32. The third-order valence-electron chi connectivity index (χ3n) is 4.24. The Morgan fingerprint density at radius 2 is 1.88 bits per heavy atom. The summed E-state index contributed by atoms with van der Waals surface area (Å²) in [6, 6.07) is 4.37. The fourth-order valence-corrected chi connectivity index (χ4v) is 2.90. The van der Waals surface area contributed by atoms with Crippen LogP contribution >= 0.6 is 0 Å². The SMILES string of the molecule is C[C@@H]1CCCC[C@@H]1NC(=O)COC(=O)c1ccccc1C(F)(F)F. The van der Waals surface area contributed by atoms with Crippen molar-refractivity contribution in [1.29, 1.82) is 0 Å². The summed E-state index contributed by atoms with van der Waals surface area (Å²) < 4.78 is 43.4. The molecule has 1 fully saturated rings. The number of amides is 1. The maximum Gasteiger partial charge on any atom is 0.417 e. The number of rotatable bonds is 4. The summed E-state index contributed by atoms with van der Waals surface area (Å²) in [6.45, 7) is 1.45. The molecule has 1 saturated carbocycles. The highest BCUT2D eigenvalue weighted by molar-refractivity contribution is 5.93. The van der Waals surface area contributed by atoms with Crippen molar-refractivity contribution in [3.63, 3.8) is 0 Å². The highest BCUT2D eigenvalue weighted by atomic mass is 19.4. The van der Waals surface area contributed by atoms with Gasteiger partial charge in [0.15, 0.2) is 6.61 Å². The van der Waals surface area contributed by atoms with Gasteiger partial charge in [-0.3, -0.25) is 4.79 Å². The normalized spacial score (nSPS) is 21.2. The first kappa shape index (κ1) is 18.3. The van der Waals surface area contributed by atoms with Crippen LogP contribution < -0.4 is 5.32 Å². The number of alkyl halides is 3. The zero-order valence-electron chi connectivity index (χ0n) is 13.4. The van der Waals surface area contributed by atoms with E-state index in [4.69, 9.17) is 4.74 Å². The summed E-state index contributed by atoms with van der Waals surface area (Å²) in [5.74, 6) is -1.31. The number of benzene rings is 1. The number of carbonyl (C=O) groups excluding carboxylic acids is 2. The van der Waals surface area contributed by atoms with Gasteiger partial charge < -0.3 is 10.1 Å². The molecule has 0 bridgehead atoms. The molecule has 2 rings (SSSR count). The standard InChI is InChI=1S/C17H20F3NO3/c1-11-6-2-5-9-14(11)21-15(22)10-24-16(23)12-7-3-4-8-13(12)17(18,19)20/h3-4,7-8,11,14H,2,5-6,9-10H2,1H3,(H,21,22)/t11-,14+/m1/s1. The van der Waals surface area contributed by atoms with Crippen LogP contribution in [0.4, 0.5) is 13.2 Å². The average Bonchev–Trinajstić information content (AvgIpc) is 2.54. The van der Waals surface area contributed by atoms with Crippen LogP contribution in [-0.2, 0) is 15.7 Å². The maximum atomic E-state index is 12.9. The minimum absolute atomic E-state index is 0.0208. The molecule has 1 aliphatic carbocycles. The van der Waals surface area contributed by atoms with E-state index in [0.29, 0.717) is 5.92 Å². The molecule has 1 aromatic rings. The van der Waals surface area contributed by atoms with Gasteiger partial charge in [0, 0.05) is 6.04 Å². The molecular formula is C17H20F3NO3. The van der Waals surface area contributed by atoms with Gasteiger partial charge in [-0.2, -0.15) is 13.2 Å². The third-order valence-corrected chi connectivity index (χ3v) is 4.24. The van der Waals surface area contributed by atoms with Crippen molar-refractivity contribution in [2.24, 2.45) is 5.92 Å². The number of halogens is 3. The predicted molar refractivity (Wildman–Crippen MR) is 81.3 cm³/mol. The van der Waals surface area contributed by atoms with E-state index < -0.39 is 35.8 Å². The second kappa shape index (κ2) is 7.68. The largest absolute Gasteiger partial charge is 0.452 e. The number of nitrogens with one attached hydrogen (secondary N) is 1. The number of carbonyl (C=O) groups is 2. The Balaban J connectivity index is 1.92. The Morgan fingerprint density at radius 1 is 1.21 bits per heavy atom. The molecule has 0 aromatic heterocycles. The number of hydrogen-bond donors (Lipinski definition) is 1. The van der Waals surface area contributed by atoms with Crippen LogP contribution in [0.5, 0.6) is 0 Å². The van der Waals surface area contributed by atoms with Crippen molar-refractivity contribution < 1.29 is 27.5 Å². The van der Waals surface area contributed by atoms with E-state index >= 15 is 0 Å². The van der Waals surface area contributed by atoms with E-state index in [0.717, 1.165) is 37.8 Å². The summed E-state index contributed by atoms with van der Waals surface area (Å²) in [5, 5.41) is 2.78. The summed E-state index contributed by atoms with van der Waals surface area (Å²) in [7, 11) is 0. The van der Waals surface area contributed by atoms with Crippen LogP contribution in [0.3, 0.4) is 0 Å². The number of ether oxygens (including phenoxy) is 1. The molecular weight excluding hydrogens is 323 g/mol. The molecule has 2 atom stereocenters. The van der Waals surface area contributed by atoms with Gasteiger partial charge in [0.2, 0.25) is 0 Å². The molecule has 1 amide bonds. The minimum atomic E-state index is -4.66. The molecule has 4 nitrogen and oxygen atoms in total. The van der Waals surface area contributed by atoms with E-state index in [1.807, 2.05) is 6.92 Å². The van der Waals surface area contributed by atoms with Crippen molar-refractivity contribution in [2.45, 2.75) is 44.8 Å². The lowest BCUT2D eigenvalue weighted by Crippen LogP contribution is -2.42. The van der Waals surface area contributed by atoms with Crippen LogP contribution in [-0.4, -0.2) is 24.5 Å². The average molecular weight is 343 g/mol. The lowest BCUT2D eigenvalue weighted by molar-refractivity contribution is -0.138. The van der Waals surface area contributed by atoms with Gasteiger partial charge in [-0.15, -0.1) is 0 Å². The van der Waals surface area contributed by atoms with Crippen LogP contribution in [0, 0.1) is 5.92 Å². The number of esters is 1. The molecule has 1 N–H and O–H groups in total. The third kappa shape index (κ3) is 4.72. The maximum absolute atomic E-state index is 12.9. The first-order valence-corrected chi connectivity index (χ1v) is 7.91. The fourth-order valence-electron chi connectivity index (χ4n) is 2.90. The van der Waals surface area contributed by atoms with E-state index in [-0.39, 0.29) is 6.04 Å². The molecule has 0 unspecified atom stereocenters. The van der Waals surface area contributed by atoms with Crippen molar-refractivity contribution in [3.8, 4) is 0 Å². The molecule has 1 aliphatic rings. The number of hydrogen-bond acceptors (Lipinski definition) is 3. The molecule has 24 heavy (non-hydrogen) atoms. The van der Waals surface area contributed by atoms with Crippen LogP contribution in [0.1, 0.15) is 48.5 Å². The van der Waals surface area contributed by atoms with Crippen molar-refractivity contribution in [3.05, 3.63) is 35.4 Å². The summed E-state index contributed by atoms with van der Waals surface area (Å²) in [4.78, 5) is 23.7. The molecule has 0 radical (unpaired) electrons. The molecule has 132 valence electrons. The molecule has 0 saturated heterocycles. The summed E-state index contributed by atoms with van der Waals surface area (Å²) in [5.41, 5.74) is -1.67. The van der Waals surface area contributed by atoms with Gasteiger partial charge in [-0.25, -0.2) is 4.79 Å². The lowest BCUT2D eigenvalue weighted by Gasteiger charge is -2.29. The molecule has 0 spiro atoms. The van der Waals surface area contributed by atoms with Crippen molar-refractivity contribution in [2.75, 3.05) is 6.61 Å². The summed E-state index contributed by atoms with van der Waals surface area (Å²) in [6.07, 6.45) is -0.637. The van der Waals surface area contributed by atoms with Crippen LogP contribution in [0.15, 0.2) is 24.3 Å². The smallest absolute Gasteiger partial charge is 0.417 e. The molecule has 7 heteroatoms. The molecule has 1 aromatic carbocycles. The summed E-state index contributed by atoms with van der Waals surface area (Å²) >= 11 is 0. The lowest BCUT2D eigenvalue weighted by atomic mass is 9.86. The Bertz CT molecular complexity index is 601. The second-order valence-corrected chi connectivity index (χ2v) is 6.06. The fraction of sp³-hybridized carbons (Fsp3) is 0.529. The zero-order valence-corrected chi connectivity index (χ0v) is 13.4. The monoisotopic (exact) mass is 343 g/mol. The zero-order chi connectivity index (χ0) is 17.7.